The molecule has 0 bridgehead atoms. The molecule has 1 amide bonds. The quantitative estimate of drug-likeness (QED) is 0.806. The van der Waals surface area contributed by atoms with Gasteiger partial charge in [0, 0.05) is 18.9 Å². The smallest absolute Gasteiger partial charge is 0.224 e. The van der Waals surface area contributed by atoms with E-state index >= 15 is 0 Å². The van der Waals surface area contributed by atoms with Gasteiger partial charge in [-0.3, -0.25) is 4.79 Å². The first-order chi connectivity index (χ1) is 8.20. The fourth-order valence-electron chi connectivity index (χ4n) is 1.86. The van der Waals surface area contributed by atoms with Crippen LogP contribution < -0.4 is 15.8 Å². The molecular formula is C13H18N2O2. The molecule has 0 aliphatic carbocycles. The molecule has 0 spiro atoms. The highest BCUT2D eigenvalue weighted by Gasteiger charge is 2.23. The normalized spacial score (nSPS) is 19.3. The Kier molecular flexibility index (Phi) is 3.64. The molecule has 0 fully saturated rings. The number of hydrogen-bond acceptors (Lipinski definition) is 3. The van der Waals surface area contributed by atoms with Crippen molar-refractivity contribution >= 4 is 5.91 Å². The Labute approximate surface area is 101 Å². The predicted octanol–water partition coefficient (Wildman–Crippen LogP) is 0.701. The number of fused-ring (bicyclic) bond motifs is 1. The molecule has 2 unspecified atom stereocenters. The van der Waals surface area contributed by atoms with Crippen molar-refractivity contribution in [3.8, 4) is 5.75 Å². The summed E-state index contributed by atoms with van der Waals surface area (Å²) in [5, 5.41) is 2.87. The van der Waals surface area contributed by atoms with Crippen LogP contribution in [0.5, 0.6) is 5.75 Å². The summed E-state index contributed by atoms with van der Waals surface area (Å²) in [5.41, 5.74) is 6.64. The molecule has 1 aliphatic heterocycles. The number of carbonyl (C=O) groups excluding carboxylic acids is 1. The van der Waals surface area contributed by atoms with Crippen LogP contribution in [0, 0.1) is 5.92 Å². The van der Waals surface area contributed by atoms with Gasteiger partial charge < -0.3 is 15.8 Å². The average Bonchev–Trinajstić information content (AvgIpc) is 2.77. The molecule has 17 heavy (non-hydrogen) atoms. The Morgan fingerprint density at radius 1 is 1.59 bits per heavy atom. The molecule has 0 saturated carbocycles. The zero-order valence-corrected chi connectivity index (χ0v) is 9.98. The summed E-state index contributed by atoms with van der Waals surface area (Å²) in [7, 11) is 0. The summed E-state index contributed by atoms with van der Waals surface area (Å²) in [6.45, 7) is 2.73. The Hall–Kier alpha value is -1.55. The van der Waals surface area contributed by atoms with E-state index in [9.17, 15) is 4.79 Å². The van der Waals surface area contributed by atoms with Crippen LogP contribution in [0.3, 0.4) is 0 Å². The van der Waals surface area contributed by atoms with Gasteiger partial charge in [-0.2, -0.15) is 0 Å². The van der Waals surface area contributed by atoms with Gasteiger partial charge in [-0.1, -0.05) is 25.1 Å². The lowest BCUT2D eigenvalue weighted by Crippen LogP contribution is -2.39. The fraction of sp³-hybridized carbons (Fsp3) is 0.462. The van der Waals surface area contributed by atoms with E-state index in [0.717, 1.165) is 12.2 Å². The molecule has 92 valence electrons. The van der Waals surface area contributed by atoms with Crippen LogP contribution in [0.25, 0.3) is 0 Å². The third-order valence-electron chi connectivity index (χ3n) is 3.02. The van der Waals surface area contributed by atoms with E-state index in [1.807, 2.05) is 25.1 Å². The summed E-state index contributed by atoms with van der Waals surface area (Å²) in [6, 6.07) is 7.97. The molecule has 0 radical (unpaired) electrons. The first kappa shape index (κ1) is 11.9. The summed E-state index contributed by atoms with van der Waals surface area (Å²) in [5.74, 6) is 0.782. The van der Waals surface area contributed by atoms with Crippen molar-refractivity contribution in [2.24, 2.45) is 11.7 Å². The monoisotopic (exact) mass is 234 g/mol. The fourth-order valence-corrected chi connectivity index (χ4v) is 1.86. The maximum atomic E-state index is 11.6. The first-order valence-electron chi connectivity index (χ1n) is 5.93. The Bertz CT molecular complexity index is 381. The molecule has 1 aromatic carbocycles. The molecule has 1 heterocycles. The molecule has 0 saturated heterocycles. The standard InChI is InChI=1S/C13H18N2O2/c1-9(7-14)13(16)15-8-11-6-10-4-2-3-5-12(10)17-11/h2-5,9,11H,6-8,14H2,1H3,(H,15,16). The number of rotatable bonds is 4. The van der Waals surface area contributed by atoms with E-state index in [1.54, 1.807) is 0 Å². The van der Waals surface area contributed by atoms with E-state index < -0.39 is 0 Å². The highest BCUT2D eigenvalue weighted by Crippen LogP contribution is 2.27. The Morgan fingerprint density at radius 3 is 3.06 bits per heavy atom. The van der Waals surface area contributed by atoms with Crippen molar-refractivity contribution in [1.82, 2.24) is 5.32 Å². The second-order valence-corrected chi connectivity index (χ2v) is 4.43. The molecule has 2 atom stereocenters. The number of hydrogen-bond donors (Lipinski definition) is 2. The zero-order valence-electron chi connectivity index (χ0n) is 9.98. The molecule has 3 N–H and O–H groups in total. The Morgan fingerprint density at radius 2 is 2.35 bits per heavy atom. The average molecular weight is 234 g/mol. The van der Waals surface area contributed by atoms with Crippen molar-refractivity contribution in [3.63, 3.8) is 0 Å². The van der Waals surface area contributed by atoms with E-state index in [4.69, 9.17) is 10.5 Å². The minimum atomic E-state index is -0.140. The molecule has 1 aliphatic rings. The van der Waals surface area contributed by atoms with Gasteiger partial charge in [0.2, 0.25) is 5.91 Å². The topological polar surface area (TPSA) is 64.4 Å². The van der Waals surface area contributed by atoms with Gasteiger partial charge in [-0.25, -0.2) is 0 Å². The van der Waals surface area contributed by atoms with Crippen molar-refractivity contribution in [2.45, 2.75) is 19.4 Å². The highest BCUT2D eigenvalue weighted by atomic mass is 16.5. The number of benzene rings is 1. The second kappa shape index (κ2) is 5.19. The van der Waals surface area contributed by atoms with Gasteiger partial charge in [-0.05, 0) is 11.6 Å². The SMILES string of the molecule is CC(CN)C(=O)NCC1Cc2ccccc2O1. The van der Waals surface area contributed by atoms with E-state index in [2.05, 4.69) is 11.4 Å². The lowest BCUT2D eigenvalue weighted by Gasteiger charge is -2.14. The van der Waals surface area contributed by atoms with Crippen molar-refractivity contribution in [1.29, 1.82) is 0 Å². The van der Waals surface area contributed by atoms with Crippen LogP contribution in [0.1, 0.15) is 12.5 Å². The van der Waals surface area contributed by atoms with Gasteiger partial charge in [-0.15, -0.1) is 0 Å². The number of ether oxygens (including phenoxy) is 1. The number of carbonyl (C=O) groups is 1. The third-order valence-corrected chi connectivity index (χ3v) is 3.02. The van der Waals surface area contributed by atoms with Crippen LogP contribution in [-0.4, -0.2) is 25.1 Å². The molecule has 1 aromatic rings. The van der Waals surface area contributed by atoms with Crippen LogP contribution in [0.4, 0.5) is 0 Å². The Balaban J connectivity index is 1.82. The van der Waals surface area contributed by atoms with Gasteiger partial charge in [0.1, 0.15) is 11.9 Å². The molecule has 4 nitrogen and oxygen atoms in total. The van der Waals surface area contributed by atoms with Crippen LogP contribution in [0.2, 0.25) is 0 Å². The van der Waals surface area contributed by atoms with Crippen molar-refractivity contribution in [3.05, 3.63) is 29.8 Å². The summed E-state index contributed by atoms with van der Waals surface area (Å²) in [6.07, 6.45) is 0.898. The maximum absolute atomic E-state index is 11.6. The molecule has 4 heteroatoms. The minimum Gasteiger partial charge on any atom is -0.488 e. The lowest BCUT2D eigenvalue weighted by atomic mass is 10.1. The number of amides is 1. The van der Waals surface area contributed by atoms with Crippen molar-refractivity contribution in [2.75, 3.05) is 13.1 Å². The van der Waals surface area contributed by atoms with Crippen molar-refractivity contribution < 1.29 is 9.53 Å². The maximum Gasteiger partial charge on any atom is 0.224 e. The van der Waals surface area contributed by atoms with E-state index in [-0.39, 0.29) is 17.9 Å². The number of nitrogens with two attached hydrogens (primary N) is 1. The molecule has 2 rings (SSSR count). The van der Waals surface area contributed by atoms with E-state index in [0.29, 0.717) is 13.1 Å². The minimum absolute atomic E-state index is 0.00736. The van der Waals surface area contributed by atoms with Gasteiger partial charge in [0.25, 0.3) is 0 Å². The third kappa shape index (κ3) is 2.77. The van der Waals surface area contributed by atoms with Gasteiger partial charge in [0.15, 0.2) is 0 Å². The summed E-state index contributed by atoms with van der Waals surface area (Å²) >= 11 is 0. The zero-order chi connectivity index (χ0) is 12.3. The number of para-hydroxylation sites is 1. The predicted molar refractivity (Wildman–Crippen MR) is 65.8 cm³/mol. The van der Waals surface area contributed by atoms with E-state index in [1.165, 1.54) is 5.56 Å². The van der Waals surface area contributed by atoms with Crippen LogP contribution in [0.15, 0.2) is 24.3 Å². The van der Waals surface area contributed by atoms with Gasteiger partial charge >= 0.3 is 0 Å². The second-order valence-electron chi connectivity index (χ2n) is 4.43. The van der Waals surface area contributed by atoms with Crippen LogP contribution >= 0.6 is 0 Å². The lowest BCUT2D eigenvalue weighted by molar-refractivity contribution is -0.124. The molecular weight excluding hydrogens is 216 g/mol. The first-order valence-corrected chi connectivity index (χ1v) is 5.93. The van der Waals surface area contributed by atoms with Crippen LogP contribution in [-0.2, 0) is 11.2 Å². The van der Waals surface area contributed by atoms with Gasteiger partial charge in [0.05, 0.1) is 6.54 Å². The summed E-state index contributed by atoms with van der Waals surface area (Å²) < 4.78 is 5.72. The number of nitrogens with one attached hydrogen (secondary N) is 1. The molecule has 0 aromatic heterocycles. The summed E-state index contributed by atoms with van der Waals surface area (Å²) in [4.78, 5) is 11.6. The highest BCUT2D eigenvalue weighted by molar-refractivity contribution is 5.78. The largest absolute Gasteiger partial charge is 0.488 e.